The minimum Gasteiger partial charge on any atom is -0.465 e. The molecule has 142 valence electrons. The van der Waals surface area contributed by atoms with Gasteiger partial charge in [0.25, 0.3) is 5.69 Å². The number of hydrogen-bond donors (Lipinski definition) is 0. The van der Waals surface area contributed by atoms with E-state index in [1.54, 1.807) is 0 Å². The molecule has 8 heteroatoms. The highest BCUT2D eigenvalue weighted by Crippen LogP contribution is 2.33. The molecule has 0 spiro atoms. The average Bonchev–Trinajstić information content (AvgIpc) is 2.69. The summed E-state index contributed by atoms with van der Waals surface area (Å²) in [7, 11) is 1.28. The van der Waals surface area contributed by atoms with Crippen molar-refractivity contribution < 1.29 is 28.3 Å². The van der Waals surface area contributed by atoms with Gasteiger partial charge in [0.05, 0.1) is 29.7 Å². The third kappa shape index (κ3) is 4.61. The van der Waals surface area contributed by atoms with Gasteiger partial charge in [-0.25, -0.2) is 9.18 Å². The fourth-order valence-electron chi connectivity index (χ4n) is 2.33. The third-order valence-corrected chi connectivity index (χ3v) is 3.64. The first kappa shape index (κ1) is 18.8. The van der Waals surface area contributed by atoms with Crippen molar-refractivity contribution in [3.8, 4) is 23.0 Å². The standard InChI is InChI=1S/C20H14FNO6/c1-26-20(23)13-2-6-16(7-3-13)27-18-10-15(22(24)25)11-19(12-18)28-17-8-4-14(21)5-9-17/h2-12H,1H3. The summed E-state index contributed by atoms with van der Waals surface area (Å²) < 4.78 is 28.8. The highest BCUT2D eigenvalue weighted by Gasteiger charge is 2.13. The highest BCUT2D eigenvalue weighted by atomic mass is 19.1. The van der Waals surface area contributed by atoms with Crippen molar-refractivity contribution in [3.05, 3.63) is 88.2 Å². The molecule has 3 aromatic carbocycles. The molecule has 0 saturated heterocycles. The molecule has 7 nitrogen and oxygen atoms in total. The van der Waals surface area contributed by atoms with Gasteiger partial charge in [0, 0.05) is 6.07 Å². The maximum absolute atomic E-state index is 13.0. The zero-order chi connectivity index (χ0) is 20.1. The molecule has 0 amide bonds. The van der Waals surface area contributed by atoms with Crippen molar-refractivity contribution in [2.24, 2.45) is 0 Å². The highest BCUT2D eigenvalue weighted by molar-refractivity contribution is 5.89. The van der Waals surface area contributed by atoms with Gasteiger partial charge in [0.2, 0.25) is 0 Å². The first-order valence-corrected chi connectivity index (χ1v) is 8.04. The lowest BCUT2D eigenvalue weighted by Gasteiger charge is -2.10. The summed E-state index contributed by atoms with van der Waals surface area (Å²) >= 11 is 0. The fraction of sp³-hybridized carbons (Fsp3) is 0.0500. The summed E-state index contributed by atoms with van der Waals surface area (Å²) in [5.74, 6) is 0.0815. The number of nitrogens with zero attached hydrogens (tertiary/aromatic N) is 1. The van der Waals surface area contributed by atoms with E-state index in [1.807, 2.05) is 0 Å². The molecule has 0 aliphatic rings. The Balaban J connectivity index is 1.85. The Morgan fingerprint density at radius 2 is 1.36 bits per heavy atom. The molecule has 0 saturated carbocycles. The van der Waals surface area contributed by atoms with E-state index in [1.165, 1.54) is 73.8 Å². The Hall–Kier alpha value is -3.94. The largest absolute Gasteiger partial charge is 0.465 e. The van der Waals surface area contributed by atoms with Gasteiger partial charge in [0.1, 0.15) is 28.8 Å². The van der Waals surface area contributed by atoms with Crippen LogP contribution in [0.2, 0.25) is 0 Å². The van der Waals surface area contributed by atoms with E-state index in [9.17, 15) is 19.3 Å². The monoisotopic (exact) mass is 383 g/mol. The average molecular weight is 383 g/mol. The van der Waals surface area contributed by atoms with E-state index in [4.69, 9.17) is 9.47 Å². The van der Waals surface area contributed by atoms with E-state index in [0.717, 1.165) is 0 Å². The summed E-state index contributed by atoms with van der Waals surface area (Å²) in [6.07, 6.45) is 0. The van der Waals surface area contributed by atoms with Gasteiger partial charge in [-0.1, -0.05) is 0 Å². The van der Waals surface area contributed by atoms with Crippen molar-refractivity contribution in [3.63, 3.8) is 0 Å². The van der Waals surface area contributed by atoms with E-state index in [0.29, 0.717) is 17.1 Å². The summed E-state index contributed by atoms with van der Waals surface area (Å²) in [6.45, 7) is 0. The van der Waals surface area contributed by atoms with E-state index in [-0.39, 0.29) is 17.2 Å². The molecule has 0 N–H and O–H groups in total. The van der Waals surface area contributed by atoms with Gasteiger partial charge < -0.3 is 14.2 Å². The lowest BCUT2D eigenvalue weighted by atomic mass is 10.2. The molecule has 0 bridgehead atoms. The summed E-state index contributed by atoms with van der Waals surface area (Å²) in [5, 5.41) is 11.2. The quantitative estimate of drug-likeness (QED) is 0.334. The molecule has 0 aliphatic heterocycles. The summed E-state index contributed by atoms with van der Waals surface area (Å²) in [5.41, 5.74) is 0.106. The number of benzene rings is 3. The van der Waals surface area contributed by atoms with Gasteiger partial charge in [0.15, 0.2) is 0 Å². The molecule has 0 heterocycles. The third-order valence-electron chi connectivity index (χ3n) is 3.64. The Kier molecular flexibility index (Phi) is 5.50. The maximum atomic E-state index is 13.0. The molecule has 0 radical (unpaired) electrons. The number of nitro groups is 1. The number of carbonyl (C=O) groups is 1. The maximum Gasteiger partial charge on any atom is 0.337 e. The van der Waals surface area contributed by atoms with Crippen LogP contribution in [0, 0.1) is 15.9 Å². The second-order valence-corrected chi connectivity index (χ2v) is 5.59. The zero-order valence-electron chi connectivity index (χ0n) is 14.6. The van der Waals surface area contributed by atoms with Gasteiger partial charge in [-0.2, -0.15) is 0 Å². The number of carbonyl (C=O) groups excluding carboxylic acids is 1. The first-order valence-electron chi connectivity index (χ1n) is 8.04. The van der Waals surface area contributed by atoms with Gasteiger partial charge in [-0.15, -0.1) is 0 Å². The lowest BCUT2D eigenvalue weighted by molar-refractivity contribution is -0.385. The van der Waals surface area contributed by atoms with Crippen LogP contribution in [0.5, 0.6) is 23.0 Å². The SMILES string of the molecule is COC(=O)c1ccc(Oc2cc(Oc3ccc(F)cc3)cc([N+](=O)[O-])c2)cc1. The molecule has 0 aromatic heterocycles. The van der Waals surface area contributed by atoms with Crippen molar-refractivity contribution in [2.45, 2.75) is 0 Å². The molecule has 28 heavy (non-hydrogen) atoms. The Morgan fingerprint density at radius 3 is 1.82 bits per heavy atom. The van der Waals surface area contributed by atoms with Crippen molar-refractivity contribution in [2.75, 3.05) is 7.11 Å². The number of hydrogen-bond acceptors (Lipinski definition) is 6. The van der Waals surface area contributed by atoms with Crippen LogP contribution in [0.1, 0.15) is 10.4 Å². The predicted octanol–water partition coefficient (Wildman–Crippen LogP) is 5.11. The molecule has 0 aliphatic carbocycles. The zero-order valence-corrected chi connectivity index (χ0v) is 14.6. The second kappa shape index (κ2) is 8.17. The van der Waals surface area contributed by atoms with Crippen LogP contribution in [0.25, 0.3) is 0 Å². The lowest BCUT2D eigenvalue weighted by Crippen LogP contribution is -2.00. The number of esters is 1. The summed E-state index contributed by atoms with van der Waals surface area (Å²) in [4.78, 5) is 22.1. The molecule has 0 fully saturated rings. The van der Waals surface area contributed by atoms with Crippen LogP contribution in [0.15, 0.2) is 66.7 Å². The summed E-state index contributed by atoms with van der Waals surface area (Å²) in [6, 6.07) is 15.3. The number of rotatable bonds is 6. The second-order valence-electron chi connectivity index (χ2n) is 5.59. The van der Waals surface area contributed by atoms with Crippen LogP contribution >= 0.6 is 0 Å². The van der Waals surface area contributed by atoms with E-state index >= 15 is 0 Å². The number of ether oxygens (including phenoxy) is 3. The van der Waals surface area contributed by atoms with Gasteiger partial charge >= 0.3 is 5.97 Å². The molecule has 3 rings (SSSR count). The van der Waals surface area contributed by atoms with Gasteiger partial charge in [-0.05, 0) is 48.5 Å². The Labute approximate surface area is 159 Å². The fourth-order valence-corrected chi connectivity index (χ4v) is 2.33. The molecule has 0 atom stereocenters. The van der Waals surface area contributed by atoms with E-state index in [2.05, 4.69) is 4.74 Å². The topological polar surface area (TPSA) is 87.9 Å². The van der Waals surface area contributed by atoms with Crippen LogP contribution < -0.4 is 9.47 Å². The minimum atomic E-state index is -0.579. The van der Waals surface area contributed by atoms with Crippen LogP contribution in [-0.2, 0) is 4.74 Å². The number of nitro benzene ring substituents is 1. The number of methoxy groups -OCH3 is 1. The molecule has 0 unspecified atom stereocenters. The van der Waals surface area contributed by atoms with Crippen LogP contribution in [-0.4, -0.2) is 18.0 Å². The first-order chi connectivity index (χ1) is 13.4. The Bertz CT molecular complexity index is 1000. The van der Waals surface area contributed by atoms with Crippen LogP contribution in [0.3, 0.4) is 0 Å². The van der Waals surface area contributed by atoms with E-state index < -0.39 is 16.7 Å². The molecular weight excluding hydrogens is 369 g/mol. The normalized spacial score (nSPS) is 10.2. The predicted molar refractivity (Wildman–Crippen MR) is 97.4 cm³/mol. The molecule has 3 aromatic rings. The van der Waals surface area contributed by atoms with Gasteiger partial charge in [-0.3, -0.25) is 10.1 Å². The van der Waals surface area contributed by atoms with Crippen molar-refractivity contribution in [1.82, 2.24) is 0 Å². The number of non-ortho nitro benzene ring substituents is 1. The van der Waals surface area contributed by atoms with Crippen LogP contribution in [0.4, 0.5) is 10.1 Å². The number of halogens is 1. The minimum absolute atomic E-state index is 0.155. The van der Waals surface area contributed by atoms with Crippen molar-refractivity contribution >= 4 is 11.7 Å². The Morgan fingerprint density at radius 1 is 0.857 bits per heavy atom. The molecular formula is C20H14FNO6. The smallest absolute Gasteiger partial charge is 0.337 e. The van der Waals surface area contributed by atoms with Crippen molar-refractivity contribution in [1.29, 1.82) is 0 Å².